The monoisotopic (exact) mass is 528 g/mol. The number of nitrogens with one attached hydrogen (secondary N) is 2. The van der Waals surface area contributed by atoms with Crippen LogP contribution in [-0.2, 0) is 29.0 Å². The van der Waals surface area contributed by atoms with Crippen molar-refractivity contribution in [3.8, 4) is 11.1 Å². The predicted octanol–water partition coefficient (Wildman–Crippen LogP) is 3.40. The number of benzene rings is 2. The molecule has 1 aromatic heterocycles. The molecule has 1 spiro atoms. The molecule has 2 N–H and O–H groups in total. The van der Waals surface area contributed by atoms with Crippen LogP contribution < -0.4 is 10.9 Å². The molecule has 8 nitrogen and oxygen atoms in total. The number of hydrogen-bond acceptors (Lipinski definition) is 4. The van der Waals surface area contributed by atoms with Gasteiger partial charge >= 0.3 is 6.03 Å². The van der Waals surface area contributed by atoms with E-state index in [0.717, 1.165) is 45.6 Å². The van der Waals surface area contributed by atoms with E-state index in [2.05, 4.69) is 10.3 Å². The Hall–Kier alpha value is -4.27. The largest absolute Gasteiger partial charge is 0.334 e. The van der Waals surface area contributed by atoms with Gasteiger partial charge in [0.1, 0.15) is 17.9 Å². The first kappa shape index (κ1) is 25.0. The minimum absolute atomic E-state index is 0.0561. The molecule has 2 fully saturated rings. The molecule has 1 saturated heterocycles. The molecule has 3 aliphatic rings. The third kappa shape index (κ3) is 4.73. The second kappa shape index (κ2) is 9.48. The standard InChI is InChI=1S/C30H29FN4O4/c1-18(20-4-5-20)34(16-19-2-9-25(31)10-3-19)27(37)17-35-28(38)30(33-29(35)39)13-22-7-6-21(12-24(22)14-30)23-8-11-26(36)32-15-23/h2-3,6-12,15,18,20H,4-5,13-14,16-17H2,1H3,(H,32,36)(H,33,39). The van der Waals surface area contributed by atoms with E-state index in [1.54, 1.807) is 29.3 Å². The number of fused-ring (bicyclic) bond motifs is 1. The van der Waals surface area contributed by atoms with Gasteiger partial charge in [0.15, 0.2) is 0 Å². The molecule has 2 aromatic carbocycles. The van der Waals surface area contributed by atoms with E-state index in [0.29, 0.717) is 18.8 Å². The molecular weight excluding hydrogens is 499 g/mol. The van der Waals surface area contributed by atoms with Crippen molar-refractivity contribution in [2.24, 2.45) is 5.92 Å². The van der Waals surface area contributed by atoms with Crippen LogP contribution in [0.4, 0.5) is 9.18 Å². The molecule has 0 radical (unpaired) electrons. The van der Waals surface area contributed by atoms with E-state index in [1.807, 2.05) is 25.1 Å². The summed E-state index contributed by atoms with van der Waals surface area (Å²) in [6.45, 7) is 1.92. The smallest absolute Gasteiger partial charge is 0.325 e. The van der Waals surface area contributed by atoms with Crippen molar-refractivity contribution in [1.29, 1.82) is 0 Å². The minimum Gasteiger partial charge on any atom is -0.334 e. The average molecular weight is 529 g/mol. The van der Waals surface area contributed by atoms with Crippen LogP contribution >= 0.6 is 0 Å². The molecule has 39 heavy (non-hydrogen) atoms. The van der Waals surface area contributed by atoms with Gasteiger partial charge < -0.3 is 15.2 Å². The van der Waals surface area contributed by atoms with Crippen LogP contribution in [0.5, 0.6) is 0 Å². The van der Waals surface area contributed by atoms with Gasteiger partial charge in [0.2, 0.25) is 11.5 Å². The molecular formula is C30H29FN4O4. The Kier molecular flexibility index (Phi) is 6.09. The Labute approximate surface area is 224 Å². The van der Waals surface area contributed by atoms with Crippen LogP contribution in [0.3, 0.4) is 0 Å². The highest BCUT2D eigenvalue weighted by Gasteiger charge is 2.54. The lowest BCUT2D eigenvalue weighted by atomic mass is 9.96. The number of amides is 4. The fraction of sp³-hybridized carbons (Fsp3) is 0.333. The summed E-state index contributed by atoms with van der Waals surface area (Å²) in [5, 5.41) is 2.88. The first-order valence-electron chi connectivity index (χ1n) is 13.2. The van der Waals surface area contributed by atoms with Crippen molar-refractivity contribution in [3.05, 3.63) is 93.7 Å². The average Bonchev–Trinajstić information content (AvgIpc) is 3.67. The molecule has 2 atom stereocenters. The van der Waals surface area contributed by atoms with E-state index in [4.69, 9.17) is 0 Å². The summed E-state index contributed by atoms with van der Waals surface area (Å²) in [6.07, 6.45) is 4.37. The minimum atomic E-state index is -1.12. The maximum absolute atomic E-state index is 13.7. The molecule has 2 aliphatic carbocycles. The highest BCUT2D eigenvalue weighted by Crippen LogP contribution is 2.38. The van der Waals surface area contributed by atoms with E-state index in [9.17, 15) is 23.6 Å². The molecule has 1 aliphatic heterocycles. The Morgan fingerprint density at radius 2 is 1.74 bits per heavy atom. The number of pyridine rings is 1. The number of urea groups is 1. The number of nitrogens with zero attached hydrogens (tertiary/aromatic N) is 2. The number of carbonyl (C=O) groups excluding carboxylic acids is 3. The fourth-order valence-corrected chi connectivity index (χ4v) is 5.81. The van der Waals surface area contributed by atoms with Crippen molar-refractivity contribution in [3.63, 3.8) is 0 Å². The summed E-state index contributed by atoms with van der Waals surface area (Å²) in [4.78, 5) is 57.1. The molecule has 0 bridgehead atoms. The predicted molar refractivity (Wildman–Crippen MR) is 142 cm³/mol. The number of imide groups is 1. The second-order valence-electron chi connectivity index (χ2n) is 10.9. The Bertz CT molecular complexity index is 1510. The lowest BCUT2D eigenvalue weighted by molar-refractivity contribution is -0.140. The van der Waals surface area contributed by atoms with Crippen LogP contribution in [0.1, 0.15) is 36.5 Å². The van der Waals surface area contributed by atoms with Crippen LogP contribution in [0.25, 0.3) is 11.1 Å². The number of carbonyl (C=O) groups is 3. The Morgan fingerprint density at radius 3 is 2.44 bits per heavy atom. The summed E-state index contributed by atoms with van der Waals surface area (Å²) >= 11 is 0. The number of H-pyrrole nitrogens is 1. The van der Waals surface area contributed by atoms with Crippen molar-refractivity contribution in [2.75, 3.05) is 6.54 Å². The molecule has 2 heterocycles. The van der Waals surface area contributed by atoms with Crippen molar-refractivity contribution in [2.45, 2.75) is 50.7 Å². The first-order valence-corrected chi connectivity index (χ1v) is 13.2. The van der Waals surface area contributed by atoms with Gasteiger partial charge in [-0.2, -0.15) is 0 Å². The number of hydrogen-bond donors (Lipinski definition) is 2. The maximum atomic E-state index is 13.7. The van der Waals surface area contributed by atoms with Gasteiger partial charge in [0, 0.05) is 37.7 Å². The third-order valence-electron chi connectivity index (χ3n) is 8.23. The zero-order valence-corrected chi connectivity index (χ0v) is 21.6. The fourth-order valence-electron chi connectivity index (χ4n) is 5.81. The summed E-state index contributed by atoms with van der Waals surface area (Å²) < 4.78 is 13.4. The lowest BCUT2D eigenvalue weighted by Gasteiger charge is -2.31. The third-order valence-corrected chi connectivity index (χ3v) is 8.23. The molecule has 2 unspecified atom stereocenters. The van der Waals surface area contributed by atoms with E-state index in [-0.39, 0.29) is 36.4 Å². The first-order chi connectivity index (χ1) is 18.7. The Balaban J connectivity index is 1.19. The van der Waals surface area contributed by atoms with Gasteiger partial charge in [-0.3, -0.25) is 19.3 Å². The van der Waals surface area contributed by atoms with Gasteiger partial charge in [0.05, 0.1) is 0 Å². The summed E-state index contributed by atoms with van der Waals surface area (Å²) in [5.74, 6) is -0.678. The second-order valence-corrected chi connectivity index (χ2v) is 10.9. The number of rotatable bonds is 7. The molecule has 9 heteroatoms. The number of aromatic nitrogens is 1. The number of halogens is 1. The summed E-state index contributed by atoms with van der Waals surface area (Å²) in [7, 11) is 0. The van der Waals surface area contributed by atoms with Gasteiger partial charge in [-0.15, -0.1) is 0 Å². The van der Waals surface area contributed by atoms with Gasteiger partial charge in [-0.05, 0) is 71.7 Å². The molecule has 4 amide bonds. The molecule has 1 saturated carbocycles. The quantitative estimate of drug-likeness (QED) is 0.459. The molecule has 200 valence electrons. The molecule has 6 rings (SSSR count). The van der Waals surface area contributed by atoms with Crippen LogP contribution in [0, 0.1) is 11.7 Å². The zero-order chi connectivity index (χ0) is 27.3. The maximum Gasteiger partial charge on any atom is 0.325 e. The number of aromatic amines is 1. The van der Waals surface area contributed by atoms with Crippen LogP contribution in [0.15, 0.2) is 65.6 Å². The summed E-state index contributed by atoms with van der Waals surface area (Å²) in [5.41, 5.74) is 3.14. The Morgan fingerprint density at radius 1 is 1.03 bits per heavy atom. The van der Waals surface area contributed by atoms with Crippen LogP contribution in [-0.4, -0.2) is 50.8 Å². The van der Waals surface area contributed by atoms with E-state index < -0.39 is 17.5 Å². The van der Waals surface area contributed by atoms with Crippen LogP contribution in [0.2, 0.25) is 0 Å². The normalized spacial score (nSPS) is 20.7. The highest BCUT2D eigenvalue weighted by molar-refractivity contribution is 6.09. The van der Waals surface area contributed by atoms with Gasteiger partial charge in [-0.1, -0.05) is 30.3 Å². The van der Waals surface area contributed by atoms with E-state index >= 15 is 0 Å². The lowest BCUT2D eigenvalue weighted by Crippen LogP contribution is -2.49. The zero-order valence-electron chi connectivity index (χ0n) is 21.6. The van der Waals surface area contributed by atoms with Crippen molar-refractivity contribution >= 4 is 17.8 Å². The molecule has 3 aromatic rings. The van der Waals surface area contributed by atoms with E-state index in [1.165, 1.54) is 18.2 Å². The highest BCUT2D eigenvalue weighted by atomic mass is 19.1. The SMILES string of the molecule is CC(C1CC1)N(Cc1ccc(F)cc1)C(=O)CN1C(=O)NC2(Cc3ccc(-c4ccc(=O)[nH]c4)cc3C2)C1=O. The van der Waals surface area contributed by atoms with Gasteiger partial charge in [0.25, 0.3) is 5.91 Å². The topological polar surface area (TPSA) is 103 Å². The van der Waals surface area contributed by atoms with Gasteiger partial charge in [-0.25, -0.2) is 9.18 Å². The van der Waals surface area contributed by atoms with Crippen molar-refractivity contribution in [1.82, 2.24) is 20.1 Å². The summed E-state index contributed by atoms with van der Waals surface area (Å²) in [6, 6.07) is 14.5. The van der Waals surface area contributed by atoms with Crippen molar-refractivity contribution < 1.29 is 18.8 Å².